The summed E-state index contributed by atoms with van der Waals surface area (Å²) in [6.45, 7) is 17.4. The third-order valence-electron chi connectivity index (χ3n) is 10.6. The molecule has 0 N–H and O–H groups in total. The van der Waals surface area contributed by atoms with Crippen molar-refractivity contribution < 1.29 is 79.7 Å². The predicted molar refractivity (Wildman–Crippen MR) is 270 cm³/mol. The minimum atomic E-state index is -4.07. The van der Waals surface area contributed by atoms with Crippen LogP contribution in [0.3, 0.4) is 0 Å². The molecule has 0 rings (SSSR count). The van der Waals surface area contributed by atoms with Crippen LogP contribution < -0.4 is 14.7 Å². The summed E-state index contributed by atoms with van der Waals surface area (Å²) in [5.41, 5.74) is 0. The molecule has 0 heterocycles. The first-order valence-electron chi connectivity index (χ1n) is 27.4. The van der Waals surface area contributed by atoms with Crippen LogP contribution in [0, 0.1) is 0 Å². The Morgan fingerprint density at radius 1 is 0.269 bits per heavy atom. The van der Waals surface area contributed by atoms with Crippen LogP contribution in [0.25, 0.3) is 0 Å². The van der Waals surface area contributed by atoms with Crippen molar-refractivity contribution in [3.8, 4) is 0 Å². The molecule has 0 unspecified atom stereocenters. The van der Waals surface area contributed by atoms with Crippen LogP contribution in [0.5, 0.6) is 0 Å². The zero-order valence-corrected chi connectivity index (χ0v) is 48.8. The summed E-state index contributed by atoms with van der Waals surface area (Å²) >= 11 is 1.68. The second kappa shape index (κ2) is 61.3. The van der Waals surface area contributed by atoms with Crippen LogP contribution >= 0.6 is 23.5 Å². The summed E-state index contributed by atoms with van der Waals surface area (Å²) < 4.78 is 68.1. The summed E-state index contributed by atoms with van der Waals surface area (Å²) in [7, 11) is -12.2. The molecule has 0 radical (unpaired) electrons. The van der Waals surface area contributed by atoms with E-state index in [1.165, 1.54) is 116 Å². The molecule has 0 saturated heterocycles. The van der Waals surface area contributed by atoms with Gasteiger partial charge in [-0.15, -0.1) is 0 Å². The summed E-state index contributed by atoms with van der Waals surface area (Å²) in [4.78, 5) is 34.5. The van der Waals surface area contributed by atoms with Crippen molar-refractivity contribution in [2.75, 3.05) is 46.2 Å². The van der Waals surface area contributed by atoms with Crippen LogP contribution in [-0.2, 0) is 65.0 Å². The Morgan fingerprint density at radius 2 is 0.388 bits per heavy atom. The Hall–Kier alpha value is 1.00. The number of phosphoric acid groups is 3. The first-order chi connectivity index (χ1) is 32.3. The molecule has 0 bridgehead atoms. The van der Waals surface area contributed by atoms with Crippen LogP contribution in [0.2, 0.25) is 0 Å². The molecule has 0 aliphatic heterocycles. The average molecular weight is 1060 g/mol. The molecule has 0 aromatic heterocycles. The molecule has 0 aliphatic rings. The van der Waals surface area contributed by atoms with Crippen molar-refractivity contribution in [3.05, 3.63) is 0 Å². The molecule has 0 saturated carbocycles. The van der Waals surface area contributed by atoms with Gasteiger partial charge in [0.15, 0.2) is 0 Å². The first kappa shape index (κ1) is 74.5. The van der Waals surface area contributed by atoms with Gasteiger partial charge in [0.05, 0.1) is 39.6 Å². The fraction of sp³-hybridized carbons (Fsp3) is 1.00. The van der Waals surface area contributed by atoms with Crippen molar-refractivity contribution >= 4 is 23.5 Å². The van der Waals surface area contributed by atoms with E-state index in [1.807, 2.05) is 6.92 Å². The summed E-state index contributed by atoms with van der Waals surface area (Å²) in [6.07, 6.45) is 40.0. The molecule has 13 nitrogen and oxygen atoms in total. The normalized spacial score (nSPS) is 11.7. The van der Waals surface area contributed by atoms with E-state index in [4.69, 9.17) is 27.1 Å². The quantitative estimate of drug-likeness (QED) is 0.0319. The monoisotopic (exact) mass is 1060 g/mol. The molecule has 0 aromatic carbocycles. The van der Waals surface area contributed by atoms with Crippen LogP contribution in [0.15, 0.2) is 0 Å². The van der Waals surface area contributed by atoms with Gasteiger partial charge >= 0.3 is 37.7 Å². The fourth-order valence-electron chi connectivity index (χ4n) is 6.46. The van der Waals surface area contributed by atoms with Gasteiger partial charge in [0.2, 0.25) is 0 Å². The van der Waals surface area contributed by atoms with Crippen molar-refractivity contribution in [1.29, 1.82) is 0 Å². The predicted octanol–water partition coefficient (Wildman–Crippen LogP) is 16.1. The van der Waals surface area contributed by atoms with Crippen molar-refractivity contribution in [2.45, 2.75) is 280 Å². The molecule has 0 spiro atoms. The Balaban J connectivity index is -0.000000426. The van der Waals surface area contributed by atoms with Gasteiger partial charge in [0.25, 0.3) is 23.5 Å². The van der Waals surface area contributed by atoms with E-state index in [2.05, 4.69) is 44.9 Å². The van der Waals surface area contributed by atoms with Gasteiger partial charge in [-0.25, -0.2) is 0 Å². The minimum absolute atomic E-state index is 0.253. The maximum atomic E-state index is 11.5. The fourth-order valence-corrected chi connectivity index (χ4v) is 8.80. The van der Waals surface area contributed by atoms with E-state index in [1.54, 1.807) is 20.8 Å². The van der Waals surface area contributed by atoms with Gasteiger partial charge in [0.1, 0.15) is 0 Å². The topological polar surface area (TPSA) is 185 Å². The van der Waals surface area contributed by atoms with Crippen LogP contribution in [0.4, 0.5) is 0 Å². The van der Waals surface area contributed by atoms with E-state index in [0.717, 1.165) is 122 Å². The van der Waals surface area contributed by atoms with E-state index >= 15 is 0 Å². The van der Waals surface area contributed by atoms with Gasteiger partial charge < -0.3 is 41.8 Å². The Bertz CT molecular complexity index is 873. The SMILES string of the molecule is CCCCCCCCOP(=O)([O-])OCCCCCCCC.CCCCCCCCOP(=O)([O-])OCCCCCCCC.CCCCCCCCOP(=O)([O-])OCCCCCCCC.CC[O][Ti+3]. The molecule has 0 aliphatic carbocycles. The maximum absolute atomic E-state index is 11.5. The summed E-state index contributed by atoms with van der Waals surface area (Å²) in [5.74, 6) is 0. The van der Waals surface area contributed by atoms with Crippen LogP contribution in [0.1, 0.15) is 280 Å². The van der Waals surface area contributed by atoms with Crippen molar-refractivity contribution in [2.24, 2.45) is 0 Å². The zero-order chi connectivity index (χ0) is 50.9. The number of rotatable bonds is 49. The van der Waals surface area contributed by atoms with Crippen LogP contribution in [-0.4, -0.2) is 46.2 Å². The Labute approximate surface area is 426 Å². The van der Waals surface area contributed by atoms with Gasteiger partial charge in [-0.05, 0) is 38.5 Å². The van der Waals surface area contributed by atoms with E-state index in [9.17, 15) is 28.4 Å². The molecule has 67 heavy (non-hydrogen) atoms. The molecule has 17 heteroatoms. The zero-order valence-electron chi connectivity index (χ0n) is 44.6. The molecule has 0 aromatic rings. The number of unbranched alkanes of at least 4 members (excludes halogenated alkanes) is 30. The molecule has 0 fully saturated rings. The van der Waals surface area contributed by atoms with Gasteiger partial charge in [-0.1, -0.05) is 234 Å². The Kier molecular flexibility index (Phi) is 68.2. The molecule has 404 valence electrons. The van der Waals surface area contributed by atoms with Gasteiger partial charge in [-0.3, -0.25) is 13.7 Å². The number of hydrogen-bond acceptors (Lipinski definition) is 13. The van der Waals surface area contributed by atoms with Crippen molar-refractivity contribution in [3.63, 3.8) is 0 Å². The summed E-state index contributed by atoms with van der Waals surface area (Å²) in [6, 6.07) is 0. The van der Waals surface area contributed by atoms with E-state index < -0.39 is 23.5 Å². The van der Waals surface area contributed by atoms with Gasteiger partial charge in [0, 0.05) is 0 Å². The third kappa shape index (κ3) is 73.6. The molecule has 0 atom stereocenters. The Morgan fingerprint density at radius 3 is 0.507 bits per heavy atom. The summed E-state index contributed by atoms with van der Waals surface area (Å²) in [5, 5.41) is 0. The molecular formula is C50H107O13P3Ti. The first-order valence-corrected chi connectivity index (χ1v) is 32.4. The van der Waals surface area contributed by atoms with Gasteiger partial charge in [-0.2, -0.15) is 0 Å². The standard InChI is InChI=1S/3C16H35O4P.C2H5O.Ti/c3*1-3-5-7-9-11-13-15-19-21(17,18)20-16-14-12-10-8-6-4-2;1-2-3;/h3*3-16H2,1-2H3,(H,17,18);2H2,1H3;/q;;;-1;+4/p-3. The second-order valence-corrected chi connectivity index (χ2v) is 22.1. The number of hydrogen-bond donors (Lipinski definition) is 0. The molecular weight excluding hydrogens is 949 g/mol. The number of phosphoric ester groups is 3. The van der Waals surface area contributed by atoms with Crippen molar-refractivity contribution in [1.82, 2.24) is 0 Å². The van der Waals surface area contributed by atoms with E-state index in [-0.39, 0.29) is 39.6 Å². The third-order valence-corrected chi connectivity index (χ3v) is 14.1. The van der Waals surface area contributed by atoms with E-state index in [0.29, 0.717) is 0 Å². The second-order valence-electron chi connectivity index (χ2n) is 17.4. The molecule has 0 amide bonds. The average Bonchev–Trinajstić information content (AvgIpc) is 3.30.